The number of hydrogen-bond acceptors (Lipinski definition) is 5. The lowest BCUT2D eigenvalue weighted by Crippen LogP contribution is -2.30. The fraction of sp³-hybridized carbons (Fsp3) is 0.467. The Kier molecular flexibility index (Phi) is 5.69. The maximum absolute atomic E-state index is 12.7. The quantitative estimate of drug-likeness (QED) is 0.735. The van der Waals surface area contributed by atoms with Gasteiger partial charge in [0.25, 0.3) is 0 Å². The summed E-state index contributed by atoms with van der Waals surface area (Å²) in [5.74, 6) is 0.461. The molecule has 1 atom stereocenters. The number of halogens is 4. The molecule has 144 valence electrons. The molecule has 2 rings (SSSR count). The number of aromatic nitrogens is 2. The van der Waals surface area contributed by atoms with E-state index in [0.29, 0.717) is 18.0 Å². The van der Waals surface area contributed by atoms with Crippen LogP contribution in [-0.4, -0.2) is 29.9 Å². The van der Waals surface area contributed by atoms with E-state index >= 15 is 0 Å². The van der Waals surface area contributed by atoms with E-state index < -0.39 is 37.7 Å². The van der Waals surface area contributed by atoms with Crippen LogP contribution in [0.3, 0.4) is 0 Å². The lowest BCUT2D eigenvalue weighted by molar-refractivity contribution is -0.137. The molecule has 1 aromatic carbocycles. The summed E-state index contributed by atoms with van der Waals surface area (Å²) in [4.78, 5) is 3.71. The molecule has 0 bridgehead atoms. The fourth-order valence-corrected chi connectivity index (χ4v) is 3.90. The van der Waals surface area contributed by atoms with E-state index in [1.54, 1.807) is 0 Å². The molecule has 0 aliphatic carbocycles. The van der Waals surface area contributed by atoms with Gasteiger partial charge in [-0.1, -0.05) is 30.6 Å². The van der Waals surface area contributed by atoms with Gasteiger partial charge in [-0.2, -0.15) is 22.5 Å². The second-order valence-corrected chi connectivity index (χ2v) is 8.36. The zero-order chi connectivity index (χ0) is 19.9. The Bertz CT molecular complexity index is 897. The van der Waals surface area contributed by atoms with Gasteiger partial charge in [-0.15, -0.1) is 0 Å². The minimum atomic E-state index is -4.62. The van der Waals surface area contributed by atoms with E-state index in [-0.39, 0.29) is 11.7 Å². The molecule has 0 fully saturated rings. The average molecular weight is 412 g/mol. The molecular weight excluding hydrogens is 395 g/mol. The highest BCUT2D eigenvalue weighted by molar-refractivity contribution is 7.89. The van der Waals surface area contributed by atoms with Crippen molar-refractivity contribution in [2.24, 2.45) is 0 Å². The monoisotopic (exact) mass is 411 g/mol. The van der Waals surface area contributed by atoms with Crippen molar-refractivity contribution >= 4 is 21.6 Å². The number of benzene rings is 1. The fourth-order valence-electron chi connectivity index (χ4n) is 2.06. The second-order valence-electron chi connectivity index (χ2n) is 5.99. The molecule has 6 nitrogen and oxygen atoms in total. The first-order valence-corrected chi connectivity index (χ1v) is 9.35. The van der Waals surface area contributed by atoms with Crippen LogP contribution < -0.4 is 0 Å². The van der Waals surface area contributed by atoms with Gasteiger partial charge in [-0.25, -0.2) is 8.42 Å². The molecular formula is C15H17ClF3N3O3S. The van der Waals surface area contributed by atoms with Crippen LogP contribution in [0.5, 0.6) is 0 Å². The van der Waals surface area contributed by atoms with Crippen LogP contribution in [0.2, 0.25) is 5.02 Å². The Balaban J connectivity index is 2.36. The first-order chi connectivity index (χ1) is 11.9. The topological polar surface area (TPSA) is 76.3 Å². The molecule has 1 aromatic heterocycles. The summed E-state index contributed by atoms with van der Waals surface area (Å²) in [6, 6.07) is 1.27. The summed E-state index contributed by atoms with van der Waals surface area (Å²) >= 11 is 5.80. The third-order valence-corrected chi connectivity index (χ3v) is 6.20. The molecule has 0 spiro atoms. The van der Waals surface area contributed by atoms with Crippen molar-refractivity contribution in [1.82, 2.24) is 14.4 Å². The lowest BCUT2D eigenvalue weighted by atomic mass is 10.2. The summed E-state index contributed by atoms with van der Waals surface area (Å²) in [7, 11) is -2.91. The van der Waals surface area contributed by atoms with Crippen molar-refractivity contribution in [3.8, 4) is 0 Å². The SMILES string of the molecule is CC(C)c1nc([C@H](C)N(C)S(=O)(=O)c2ccc(C(F)(F)F)cc2Cl)no1. The van der Waals surface area contributed by atoms with Gasteiger partial charge in [-0.05, 0) is 25.1 Å². The van der Waals surface area contributed by atoms with Gasteiger partial charge in [0.05, 0.1) is 16.6 Å². The third kappa shape index (κ3) is 4.02. The predicted octanol–water partition coefficient (Wildman–Crippen LogP) is 4.25. The van der Waals surface area contributed by atoms with Crippen LogP contribution in [0.4, 0.5) is 13.2 Å². The molecule has 2 aromatic rings. The Morgan fingerprint density at radius 3 is 2.31 bits per heavy atom. The Morgan fingerprint density at radius 2 is 1.85 bits per heavy atom. The van der Waals surface area contributed by atoms with Gasteiger partial charge in [0.1, 0.15) is 4.90 Å². The number of rotatable bonds is 5. The smallest absolute Gasteiger partial charge is 0.339 e. The van der Waals surface area contributed by atoms with Crippen molar-refractivity contribution in [3.63, 3.8) is 0 Å². The van der Waals surface area contributed by atoms with Crippen molar-refractivity contribution in [3.05, 3.63) is 40.5 Å². The molecule has 0 radical (unpaired) electrons. The molecule has 11 heteroatoms. The van der Waals surface area contributed by atoms with E-state index in [2.05, 4.69) is 10.1 Å². The summed E-state index contributed by atoms with van der Waals surface area (Å²) < 4.78 is 69.7. The average Bonchev–Trinajstić information content (AvgIpc) is 3.02. The molecule has 0 saturated heterocycles. The van der Waals surface area contributed by atoms with Crippen molar-refractivity contribution in [1.29, 1.82) is 0 Å². The highest BCUT2D eigenvalue weighted by Gasteiger charge is 2.34. The van der Waals surface area contributed by atoms with Gasteiger partial charge in [-0.3, -0.25) is 0 Å². The molecule has 0 aliphatic heterocycles. The minimum Gasteiger partial charge on any atom is -0.339 e. The minimum absolute atomic E-state index is 0.0327. The zero-order valence-corrected chi connectivity index (χ0v) is 15.9. The zero-order valence-electron chi connectivity index (χ0n) is 14.4. The van der Waals surface area contributed by atoms with Gasteiger partial charge >= 0.3 is 6.18 Å². The molecule has 26 heavy (non-hydrogen) atoms. The maximum atomic E-state index is 12.7. The number of sulfonamides is 1. The number of nitrogens with zero attached hydrogens (tertiary/aromatic N) is 3. The van der Waals surface area contributed by atoms with Crippen LogP contribution in [-0.2, 0) is 16.2 Å². The Labute approximate surface area is 154 Å². The standard InChI is InChI=1S/C15H17ClF3N3O3S/c1-8(2)14-20-13(21-25-14)9(3)22(4)26(23,24)12-6-5-10(7-11(12)16)15(17,18)19/h5-9H,1-4H3/t9-/m0/s1. The van der Waals surface area contributed by atoms with Crippen LogP contribution in [0, 0.1) is 0 Å². The van der Waals surface area contributed by atoms with Crippen molar-refractivity contribution in [2.45, 2.75) is 43.8 Å². The third-order valence-electron chi connectivity index (χ3n) is 3.79. The molecule has 0 aliphatic rings. The van der Waals surface area contributed by atoms with Crippen LogP contribution >= 0.6 is 11.6 Å². The normalized spacial score (nSPS) is 14.2. The Hall–Kier alpha value is -1.65. The van der Waals surface area contributed by atoms with E-state index in [0.717, 1.165) is 10.4 Å². The summed E-state index contributed by atoms with van der Waals surface area (Å²) in [5.41, 5.74) is -1.03. The molecule has 0 N–H and O–H groups in total. The predicted molar refractivity (Wildman–Crippen MR) is 88.2 cm³/mol. The lowest BCUT2D eigenvalue weighted by Gasteiger charge is -2.22. The maximum Gasteiger partial charge on any atom is 0.416 e. The van der Waals surface area contributed by atoms with E-state index in [9.17, 15) is 21.6 Å². The summed E-state index contributed by atoms with van der Waals surface area (Å²) in [6.07, 6.45) is -4.62. The van der Waals surface area contributed by atoms with Gasteiger partial charge < -0.3 is 4.52 Å². The largest absolute Gasteiger partial charge is 0.416 e. The summed E-state index contributed by atoms with van der Waals surface area (Å²) in [5, 5.41) is 3.24. The molecule has 1 heterocycles. The molecule has 0 unspecified atom stereocenters. The Morgan fingerprint density at radius 1 is 1.23 bits per heavy atom. The van der Waals surface area contributed by atoms with Crippen LogP contribution in [0.25, 0.3) is 0 Å². The number of hydrogen-bond donors (Lipinski definition) is 0. The highest BCUT2D eigenvalue weighted by atomic mass is 35.5. The second kappa shape index (κ2) is 7.16. The van der Waals surface area contributed by atoms with Crippen LogP contribution in [0.1, 0.15) is 50.0 Å². The van der Waals surface area contributed by atoms with Crippen molar-refractivity contribution < 1.29 is 26.1 Å². The van der Waals surface area contributed by atoms with Gasteiger partial charge in [0, 0.05) is 13.0 Å². The van der Waals surface area contributed by atoms with Gasteiger partial charge in [0.15, 0.2) is 5.82 Å². The first kappa shape index (κ1) is 20.7. The van der Waals surface area contributed by atoms with Crippen molar-refractivity contribution in [2.75, 3.05) is 7.05 Å². The van der Waals surface area contributed by atoms with E-state index in [1.165, 1.54) is 14.0 Å². The first-order valence-electron chi connectivity index (χ1n) is 7.54. The van der Waals surface area contributed by atoms with Crippen LogP contribution in [0.15, 0.2) is 27.6 Å². The van der Waals surface area contributed by atoms with Gasteiger partial charge in [0.2, 0.25) is 15.9 Å². The number of alkyl halides is 3. The van der Waals surface area contributed by atoms with E-state index in [1.807, 2.05) is 13.8 Å². The highest BCUT2D eigenvalue weighted by Crippen LogP contribution is 2.35. The van der Waals surface area contributed by atoms with E-state index in [4.69, 9.17) is 16.1 Å². The molecule has 0 saturated carbocycles. The summed E-state index contributed by atoms with van der Waals surface area (Å²) in [6.45, 7) is 5.21. The molecule has 0 amide bonds.